The number of likely N-dealkylation sites (tertiary alicyclic amines) is 1. The molecule has 1 aromatic rings. The Morgan fingerprint density at radius 3 is 2.03 bits per heavy atom. The summed E-state index contributed by atoms with van der Waals surface area (Å²) in [5.41, 5.74) is 17.8. The lowest BCUT2D eigenvalue weighted by Crippen LogP contribution is -2.61. The van der Waals surface area contributed by atoms with Crippen molar-refractivity contribution in [2.24, 2.45) is 29.0 Å². The van der Waals surface area contributed by atoms with Gasteiger partial charge in [0, 0.05) is 45.0 Å². The second kappa shape index (κ2) is 28.6. The van der Waals surface area contributed by atoms with Crippen molar-refractivity contribution >= 4 is 86.6 Å². The van der Waals surface area contributed by atoms with Gasteiger partial charge >= 0.3 is 0 Å². The van der Waals surface area contributed by atoms with Crippen molar-refractivity contribution in [2.45, 2.75) is 127 Å². The molecule has 71 heavy (non-hydrogen) atoms. The smallest absolute Gasteiger partial charge is 0.246 e. The zero-order chi connectivity index (χ0) is 53.1. The average molecular weight is 1040 g/mol. The topological polar surface area (TPSA) is 377 Å². The van der Waals surface area contributed by atoms with Crippen LogP contribution in [0.5, 0.6) is 5.75 Å². The molecule has 2 aliphatic heterocycles. The number of likely N-dealkylation sites (N-methyl/N-ethyl adjacent to an activating group) is 1. The van der Waals surface area contributed by atoms with E-state index in [1.54, 1.807) is 26.0 Å². The normalized spacial score (nSPS) is 23.9. The van der Waals surface area contributed by atoms with Crippen LogP contribution in [-0.4, -0.2) is 167 Å². The number of phenolic OH excluding ortho intramolecular Hbond substituents is 1. The lowest BCUT2D eigenvalue weighted by molar-refractivity contribution is -0.142. The molecule has 2 aliphatic rings. The van der Waals surface area contributed by atoms with Crippen molar-refractivity contribution in [1.82, 2.24) is 47.0 Å². The van der Waals surface area contributed by atoms with E-state index in [2.05, 4.69) is 37.2 Å². The summed E-state index contributed by atoms with van der Waals surface area (Å²) in [6.07, 6.45) is -0.632. The molecule has 2 saturated heterocycles. The predicted octanol–water partition coefficient (Wildman–Crippen LogP) is -3.01. The maximum absolute atomic E-state index is 14.6. The van der Waals surface area contributed by atoms with E-state index in [0.29, 0.717) is 18.4 Å². The molecule has 0 saturated carbocycles. The minimum atomic E-state index is -1.75. The fourth-order valence-electron chi connectivity index (χ4n) is 7.49. The van der Waals surface area contributed by atoms with Crippen LogP contribution in [0.4, 0.5) is 0 Å². The number of benzene rings is 1. The summed E-state index contributed by atoms with van der Waals surface area (Å²) in [4.78, 5) is 151. The molecule has 0 bridgehead atoms. The lowest BCUT2D eigenvalue weighted by atomic mass is 9.96. The number of aromatic hydroxyl groups is 1. The van der Waals surface area contributed by atoms with Gasteiger partial charge in [-0.25, -0.2) is 0 Å². The number of carbonyl (C=O) groups is 11. The highest BCUT2D eigenvalue weighted by Crippen LogP contribution is 2.26. The molecule has 0 aliphatic carbocycles. The first-order valence-electron chi connectivity index (χ1n) is 23.4. The Bertz CT molecular complexity index is 2100. The van der Waals surface area contributed by atoms with E-state index in [9.17, 15) is 57.8 Å². The highest BCUT2D eigenvalue weighted by atomic mass is 33.1. The molecule has 14 N–H and O–H groups in total. The number of nitrogens with zero attached hydrogens (tertiary/aromatic N) is 2. The van der Waals surface area contributed by atoms with Crippen LogP contribution >= 0.6 is 21.6 Å². The van der Waals surface area contributed by atoms with Crippen molar-refractivity contribution in [3.05, 3.63) is 29.8 Å². The van der Waals surface area contributed by atoms with Gasteiger partial charge < -0.3 is 69.3 Å². The summed E-state index contributed by atoms with van der Waals surface area (Å²) in [6.45, 7) is 6.83. The van der Waals surface area contributed by atoms with Crippen molar-refractivity contribution < 1.29 is 57.8 Å². The second-order valence-corrected chi connectivity index (χ2v) is 20.8. The predicted molar refractivity (Wildman–Crippen MR) is 264 cm³/mol. The Hall–Kier alpha value is -6.15. The third kappa shape index (κ3) is 19.2. The Kier molecular flexibility index (Phi) is 23.9. The largest absolute Gasteiger partial charge is 0.508 e. The summed E-state index contributed by atoms with van der Waals surface area (Å²) in [5, 5.41) is 28.0. The number of phenols is 1. The van der Waals surface area contributed by atoms with Gasteiger partial charge in [0.1, 0.15) is 48.0 Å². The molecule has 3 rings (SSSR count). The van der Waals surface area contributed by atoms with E-state index in [-0.39, 0.29) is 61.4 Å². The minimum absolute atomic E-state index is 0.0445. The van der Waals surface area contributed by atoms with E-state index in [1.807, 2.05) is 13.8 Å². The van der Waals surface area contributed by atoms with E-state index < -0.39 is 133 Å². The third-order valence-corrected chi connectivity index (χ3v) is 14.2. The fourth-order valence-corrected chi connectivity index (χ4v) is 9.77. The number of nitrogens with two attached hydrogens (primary N) is 3. The molecule has 2 unspecified atom stereocenters. The number of primary amides is 2. The van der Waals surface area contributed by atoms with Gasteiger partial charge in [-0.2, -0.15) is 0 Å². The Labute approximate surface area is 420 Å². The molecule has 0 radical (unpaired) electrons. The molecular formula is C45H70N12O12S2. The number of carbonyl (C=O) groups excluding carboxylic acids is 11. The molecule has 1 aromatic carbocycles. The van der Waals surface area contributed by atoms with Crippen LogP contribution in [0.1, 0.15) is 78.2 Å². The first-order valence-corrected chi connectivity index (χ1v) is 25.9. The SMILES string of the molecule is CC[C@H](C)C1NC(=O)[C@H](Cc2ccc(O)cc2)NC(=O)[C@@H](N)CSSC[C@@H](C(=O)N2CCCC2C(=O)N[C@@H](CC(C)C)C(=O)NCC(=O)N(C)C)NC(=O)[C@H](CC(N)=O)NC(=O)[C@H](CCC(N)=O)NC1=O. The zero-order valence-corrected chi connectivity index (χ0v) is 42.6. The summed E-state index contributed by atoms with van der Waals surface area (Å²) in [6, 6.07) is -4.98. The van der Waals surface area contributed by atoms with Gasteiger partial charge in [0.05, 0.1) is 19.0 Å². The maximum Gasteiger partial charge on any atom is 0.246 e. The molecule has 0 aromatic heterocycles. The van der Waals surface area contributed by atoms with Crippen LogP contribution in [0.15, 0.2) is 24.3 Å². The first-order chi connectivity index (χ1) is 33.4. The number of hydrogen-bond donors (Lipinski definition) is 11. The quantitative estimate of drug-likeness (QED) is 0.0693. The molecule has 9 atom stereocenters. The monoisotopic (exact) mass is 1030 g/mol. The fraction of sp³-hybridized carbons (Fsp3) is 0.622. The van der Waals surface area contributed by atoms with Crippen molar-refractivity contribution in [3.8, 4) is 5.75 Å². The summed E-state index contributed by atoms with van der Waals surface area (Å²) in [7, 11) is 5.12. The van der Waals surface area contributed by atoms with Crippen LogP contribution in [0.3, 0.4) is 0 Å². The molecule has 11 amide bonds. The molecule has 394 valence electrons. The maximum atomic E-state index is 14.6. The highest BCUT2D eigenvalue weighted by Gasteiger charge is 2.41. The van der Waals surface area contributed by atoms with Crippen LogP contribution in [0.25, 0.3) is 0 Å². The number of nitrogens with one attached hydrogen (secondary N) is 7. The minimum Gasteiger partial charge on any atom is -0.508 e. The van der Waals surface area contributed by atoms with Crippen LogP contribution in [-0.2, 0) is 59.2 Å². The van der Waals surface area contributed by atoms with E-state index >= 15 is 0 Å². The zero-order valence-electron chi connectivity index (χ0n) is 40.9. The van der Waals surface area contributed by atoms with Gasteiger partial charge in [0.25, 0.3) is 0 Å². The van der Waals surface area contributed by atoms with Crippen LogP contribution in [0, 0.1) is 11.8 Å². The first kappa shape index (κ1) is 59.2. The molecule has 0 spiro atoms. The van der Waals surface area contributed by atoms with Gasteiger partial charge in [0.15, 0.2) is 0 Å². The molecule has 2 heterocycles. The molecule has 2 fully saturated rings. The van der Waals surface area contributed by atoms with Crippen LogP contribution in [0.2, 0.25) is 0 Å². The van der Waals surface area contributed by atoms with E-state index in [0.717, 1.165) is 21.6 Å². The summed E-state index contributed by atoms with van der Waals surface area (Å²) >= 11 is 0. The van der Waals surface area contributed by atoms with Crippen molar-refractivity contribution in [3.63, 3.8) is 0 Å². The number of rotatable bonds is 17. The van der Waals surface area contributed by atoms with Gasteiger partial charge in [-0.1, -0.05) is 67.8 Å². The van der Waals surface area contributed by atoms with Gasteiger partial charge in [-0.15, -0.1) is 0 Å². The Balaban J connectivity index is 2.04. The molecule has 26 heteroatoms. The molecule has 24 nitrogen and oxygen atoms in total. The Morgan fingerprint density at radius 2 is 1.42 bits per heavy atom. The van der Waals surface area contributed by atoms with E-state index in [4.69, 9.17) is 17.2 Å². The average Bonchev–Trinajstić information content (AvgIpc) is 3.81. The molecular weight excluding hydrogens is 965 g/mol. The van der Waals surface area contributed by atoms with Crippen molar-refractivity contribution in [2.75, 3.05) is 38.7 Å². The second-order valence-electron chi connectivity index (χ2n) is 18.2. The standard InChI is InChI=1S/C45H70N12O12S2/c1-7-24(4)37-44(68)50-28(14-15-34(47)59)40(64)52-31(19-35(48)60)41(65)54-32(22-71-70-21-27(46)38(62)51-30(42(66)55-37)18-25-10-12-26(58)13-11-25)45(69)57-16-8-9-33(57)43(67)53-29(17-23(2)3)39(63)49-20-36(61)56(5)6/h10-13,23-24,27-33,37,58H,7-9,14-22,46H2,1-6H3,(H2,47,59)(H2,48,60)(H,49,63)(H,50,68)(H,51,62)(H,52,64)(H,53,67)(H,54,65)(H,55,66)/t24-,27-,28-,29-,30-,31-,32-,33?,37?/m0/s1. The Morgan fingerprint density at radius 1 is 0.817 bits per heavy atom. The lowest BCUT2D eigenvalue weighted by Gasteiger charge is -2.31. The van der Waals surface area contributed by atoms with Gasteiger partial charge in [-0.3, -0.25) is 52.7 Å². The van der Waals surface area contributed by atoms with Gasteiger partial charge in [-0.05, 0) is 55.2 Å². The third-order valence-electron chi connectivity index (χ3n) is 11.8. The van der Waals surface area contributed by atoms with E-state index in [1.165, 1.54) is 36.0 Å². The van der Waals surface area contributed by atoms with Crippen LogP contribution < -0.4 is 54.4 Å². The number of hydrogen-bond acceptors (Lipinski definition) is 15. The number of amides is 11. The highest BCUT2D eigenvalue weighted by molar-refractivity contribution is 8.76. The summed E-state index contributed by atoms with van der Waals surface area (Å²) in [5.74, 6) is -9.81. The summed E-state index contributed by atoms with van der Waals surface area (Å²) < 4.78 is 0. The van der Waals surface area contributed by atoms with Crippen molar-refractivity contribution in [1.29, 1.82) is 0 Å². The van der Waals surface area contributed by atoms with Gasteiger partial charge in [0.2, 0.25) is 65.0 Å².